The predicted molar refractivity (Wildman–Crippen MR) is 62.5 cm³/mol. The van der Waals surface area contributed by atoms with Crippen LogP contribution in [-0.4, -0.2) is 22.4 Å². The summed E-state index contributed by atoms with van der Waals surface area (Å²) in [6.45, 7) is 0. The molecule has 1 fully saturated rings. The summed E-state index contributed by atoms with van der Waals surface area (Å²) in [5.41, 5.74) is 1.85. The Morgan fingerprint density at radius 3 is 2.71 bits per heavy atom. The van der Waals surface area contributed by atoms with Crippen molar-refractivity contribution in [3.05, 3.63) is 47.5 Å². The normalized spacial score (nSPS) is 34.2. The summed E-state index contributed by atoms with van der Waals surface area (Å²) in [7, 11) is 0. The van der Waals surface area contributed by atoms with Crippen LogP contribution in [0.25, 0.3) is 10.8 Å². The zero-order valence-electron chi connectivity index (χ0n) is 9.08. The molecular formula is C14H12O3. The lowest BCUT2D eigenvalue weighted by Crippen LogP contribution is -2.29. The second kappa shape index (κ2) is 3.07. The summed E-state index contributed by atoms with van der Waals surface area (Å²) in [6.07, 6.45) is -1.91. The van der Waals surface area contributed by atoms with Gasteiger partial charge < -0.3 is 14.9 Å². The van der Waals surface area contributed by atoms with Crippen LogP contribution in [0.4, 0.5) is 0 Å². The number of fused-ring (bicyclic) bond motifs is 5. The highest BCUT2D eigenvalue weighted by Crippen LogP contribution is 2.52. The van der Waals surface area contributed by atoms with Gasteiger partial charge in [0.25, 0.3) is 0 Å². The number of epoxide rings is 1. The molecular weight excluding hydrogens is 216 g/mol. The zero-order chi connectivity index (χ0) is 11.6. The predicted octanol–water partition coefficient (Wildman–Crippen LogP) is 1.69. The van der Waals surface area contributed by atoms with Gasteiger partial charge in [0.15, 0.2) is 0 Å². The minimum Gasteiger partial charge on any atom is -0.387 e. The van der Waals surface area contributed by atoms with Gasteiger partial charge in [-0.1, -0.05) is 36.4 Å². The van der Waals surface area contributed by atoms with Gasteiger partial charge in [0.05, 0.1) is 0 Å². The smallest absolute Gasteiger partial charge is 0.118 e. The summed E-state index contributed by atoms with van der Waals surface area (Å²) < 4.78 is 5.49. The van der Waals surface area contributed by atoms with Gasteiger partial charge in [-0.25, -0.2) is 0 Å². The van der Waals surface area contributed by atoms with Crippen LogP contribution in [0.2, 0.25) is 0 Å². The highest BCUT2D eigenvalue weighted by Gasteiger charge is 2.54. The van der Waals surface area contributed by atoms with Crippen molar-refractivity contribution in [2.75, 3.05) is 0 Å². The van der Waals surface area contributed by atoms with Crippen LogP contribution in [-0.2, 0) is 4.74 Å². The molecule has 1 aliphatic carbocycles. The maximum atomic E-state index is 10.1. The van der Waals surface area contributed by atoms with Gasteiger partial charge in [0, 0.05) is 0 Å². The van der Waals surface area contributed by atoms with Crippen LogP contribution in [0.1, 0.15) is 23.3 Å². The quantitative estimate of drug-likeness (QED) is 0.675. The number of aliphatic hydroxyl groups is 2. The van der Waals surface area contributed by atoms with E-state index in [9.17, 15) is 10.2 Å². The van der Waals surface area contributed by atoms with E-state index in [0.29, 0.717) is 0 Å². The number of benzene rings is 2. The third-order valence-electron chi connectivity index (χ3n) is 3.79. The van der Waals surface area contributed by atoms with Crippen molar-refractivity contribution in [2.24, 2.45) is 0 Å². The topological polar surface area (TPSA) is 53.0 Å². The largest absolute Gasteiger partial charge is 0.387 e. The molecule has 1 aliphatic heterocycles. The molecule has 0 radical (unpaired) electrons. The van der Waals surface area contributed by atoms with E-state index in [1.165, 1.54) is 0 Å². The van der Waals surface area contributed by atoms with Crippen molar-refractivity contribution < 1.29 is 14.9 Å². The van der Waals surface area contributed by atoms with E-state index >= 15 is 0 Å². The van der Waals surface area contributed by atoms with Crippen molar-refractivity contribution in [1.82, 2.24) is 0 Å². The van der Waals surface area contributed by atoms with Gasteiger partial charge in [0.1, 0.15) is 24.4 Å². The molecule has 0 unspecified atom stereocenters. The monoisotopic (exact) mass is 228 g/mol. The zero-order valence-corrected chi connectivity index (χ0v) is 9.08. The molecule has 0 bridgehead atoms. The summed E-state index contributed by atoms with van der Waals surface area (Å²) >= 11 is 0. The van der Waals surface area contributed by atoms with Crippen LogP contribution in [0, 0.1) is 0 Å². The minimum atomic E-state index is -0.835. The fourth-order valence-electron chi connectivity index (χ4n) is 2.87. The van der Waals surface area contributed by atoms with Gasteiger partial charge >= 0.3 is 0 Å². The Hall–Kier alpha value is -1.42. The molecule has 2 aromatic rings. The average molecular weight is 228 g/mol. The van der Waals surface area contributed by atoms with Gasteiger partial charge in [-0.05, 0) is 21.9 Å². The molecule has 0 amide bonds. The lowest BCUT2D eigenvalue weighted by atomic mass is 9.84. The Labute approximate surface area is 98.3 Å². The van der Waals surface area contributed by atoms with Crippen molar-refractivity contribution in [1.29, 1.82) is 0 Å². The van der Waals surface area contributed by atoms with Crippen LogP contribution in [0.15, 0.2) is 36.4 Å². The Balaban J connectivity index is 2.05. The molecule has 0 aromatic heterocycles. The number of aliphatic hydroxyl groups excluding tert-OH is 2. The molecule has 2 aromatic carbocycles. The van der Waals surface area contributed by atoms with Gasteiger partial charge in [-0.15, -0.1) is 0 Å². The molecule has 0 saturated carbocycles. The van der Waals surface area contributed by atoms with Gasteiger partial charge in [-0.2, -0.15) is 0 Å². The molecule has 0 spiro atoms. The molecule has 2 aliphatic rings. The van der Waals surface area contributed by atoms with Crippen LogP contribution in [0.3, 0.4) is 0 Å². The van der Waals surface area contributed by atoms with Crippen LogP contribution < -0.4 is 0 Å². The molecule has 1 saturated heterocycles. The highest BCUT2D eigenvalue weighted by atomic mass is 16.6. The Morgan fingerprint density at radius 2 is 1.82 bits per heavy atom. The van der Waals surface area contributed by atoms with E-state index in [4.69, 9.17) is 4.74 Å². The van der Waals surface area contributed by atoms with Crippen molar-refractivity contribution in [3.63, 3.8) is 0 Å². The summed E-state index contributed by atoms with van der Waals surface area (Å²) in [5, 5.41) is 22.1. The Morgan fingerprint density at radius 1 is 1.00 bits per heavy atom. The second-order valence-corrected chi connectivity index (χ2v) is 4.75. The highest BCUT2D eigenvalue weighted by molar-refractivity contribution is 5.88. The number of rotatable bonds is 0. The van der Waals surface area contributed by atoms with Crippen molar-refractivity contribution in [2.45, 2.75) is 24.4 Å². The molecule has 4 atom stereocenters. The summed E-state index contributed by atoms with van der Waals surface area (Å²) in [5.74, 6) is 0. The maximum absolute atomic E-state index is 10.1. The third kappa shape index (κ3) is 1.16. The minimum absolute atomic E-state index is 0.0468. The average Bonchev–Trinajstić information content (AvgIpc) is 3.15. The molecule has 3 nitrogen and oxygen atoms in total. The first kappa shape index (κ1) is 9.59. The molecule has 17 heavy (non-hydrogen) atoms. The first-order chi connectivity index (χ1) is 8.27. The lowest BCUT2D eigenvalue weighted by molar-refractivity contribution is 0.000105. The molecule has 1 heterocycles. The van der Waals surface area contributed by atoms with E-state index < -0.39 is 12.2 Å². The Bertz CT molecular complexity index is 607. The molecule has 2 N–H and O–H groups in total. The second-order valence-electron chi connectivity index (χ2n) is 4.75. The SMILES string of the molecule is O[C@H]1[C@H]2O[C@H]2c2c(ccc3ccccc23)[C@@H]1O. The van der Waals surface area contributed by atoms with Crippen LogP contribution >= 0.6 is 0 Å². The van der Waals surface area contributed by atoms with E-state index in [2.05, 4.69) is 0 Å². The fraction of sp³-hybridized carbons (Fsp3) is 0.286. The van der Waals surface area contributed by atoms with Crippen molar-refractivity contribution >= 4 is 10.8 Å². The number of hydrogen-bond donors (Lipinski definition) is 2. The van der Waals surface area contributed by atoms with E-state index in [0.717, 1.165) is 21.9 Å². The van der Waals surface area contributed by atoms with Crippen LogP contribution in [0.5, 0.6) is 0 Å². The van der Waals surface area contributed by atoms with E-state index in [1.54, 1.807) is 0 Å². The molecule has 3 heteroatoms. The van der Waals surface area contributed by atoms with E-state index in [1.807, 2.05) is 36.4 Å². The lowest BCUT2D eigenvalue weighted by Gasteiger charge is -2.24. The molecule has 86 valence electrons. The van der Waals surface area contributed by atoms with Gasteiger partial charge in [0.2, 0.25) is 0 Å². The van der Waals surface area contributed by atoms with Gasteiger partial charge in [-0.3, -0.25) is 0 Å². The first-order valence-electron chi connectivity index (χ1n) is 5.80. The van der Waals surface area contributed by atoms with Crippen molar-refractivity contribution in [3.8, 4) is 0 Å². The number of ether oxygens (including phenoxy) is 1. The van der Waals surface area contributed by atoms with E-state index in [-0.39, 0.29) is 12.2 Å². The summed E-state index contributed by atoms with van der Waals surface area (Å²) in [6, 6.07) is 11.9. The maximum Gasteiger partial charge on any atom is 0.118 e. The first-order valence-corrected chi connectivity index (χ1v) is 5.80. The molecule has 4 rings (SSSR count). The Kier molecular flexibility index (Phi) is 1.73. The fourth-order valence-corrected chi connectivity index (χ4v) is 2.87. The third-order valence-corrected chi connectivity index (χ3v) is 3.79. The standard InChI is InChI=1S/C14H12O3/c15-11-9-6-5-7-3-1-2-4-8(7)10(9)13-14(17-13)12(11)16/h1-6,11-16H/t11-,12+,13-,14+/m0/s1. The number of hydrogen-bond acceptors (Lipinski definition) is 3. The summed E-state index contributed by atoms with van der Waals surface area (Å²) in [4.78, 5) is 0.